The van der Waals surface area contributed by atoms with Crippen LogP contribution in [-0.4, -0.2) is 0 Å². The molecule has 0 aliphatic heterocycles. The molecular weight excluding hydrogens is 631 g/mol. The predicted octanol–water partition coefficient (Wildman–Crippen LogP) is 14.4. The number of rotatable bonds is 6. The summed E-state index contributed by atoms with van der Waals surface area (Å²) in [5, 5.41) is 7.25. The maximum absolute atomic E-state index is 6.40. The number of anilines is 3. The third-order valence-electron chi connectivity index (χ3n) is 10.3. The van der Waals surface area contributed by atoms with Gasteiger partial charge in [-0.15, -0.1) is 0 Å². The standard InChI is InChI=1S/C50H33NO/c1-2-12-38-32-39(23-22-34(38)10-1)35-24-28-41(29-25-35)51(43-15-7-14-40(33-43)45-18-8-13-36-11-3-4-16-44(36)45)42-30-26-37(27-31-42)46-19-9-20-48-47-17-5-6-21-49(47)52-50(46)48/h1-33H. The first kappa shape index (κ1) is 30.0. The van der Waals surface area contributed by atoms with Gasteiger partial charge in [0.1, 0.15) is 11.2 Å². The molecule has 0 N–H and O–H groups in total. The van der Waals surface area contributed by atoms with Gasteiger partial charge in [-0.05, 0) is 97.9 Å². The molecule has 52 heavy (non-hydrogen) atoms. The second-order valence-electron chi connectivity index (χ2n) is 13.3. The van der Waals surface area contributed by atoms with E-state index in [0.717, 1.165) is 50.1 Å². The van der Waals surface area contributed by atoms with Crippen molar-refractivity contribution in [1.82, 2.24) is 0 Å². The maximum Gasteiger partial charge on any atom is 0.143 e. The van der Waals surface area contributed by atoms with Crippen molar-refractivity contribution in [3.63, 3.8) is 0 Å². The summed E-state index contributed by atoms with van der Waals surface area (Å²) in [6.07, 6.45) is 0. The third kappa shape index (κ3) is 5.21. The predicted molar refractivity (Wildman–Crippen MR) is 220 cm³/mol. The van der Waals surface area contributed by atoms with Gasteiger partial charge in [-0.1, -0.05) is 152 Å². The van der Waals surface area contributed by atoms with Gasteiger partial charge in [0.25, 0.3) is 0 Å². The third-order valence-corrected chi connectivity index (χ3v) is 10.3. The maximum atomic E-state index is 6.40. The van der Waals surface area contributed by atoms with E-state index in [1.165, 1.54) is 43.8 Å². The smallest absolute Gasteiger partial charge is 0.143 e. The zero-order valence-electron chi connectivity index (χ0n) is 28.4. The van der Waals surface area contributed by atoms with Gasteiger partial charge in [-0.25, -0.2) is 0 Å². The second-order valence-corrected chi connectivity index (χ2v) is 13.3. The molecule has 2 heteroatoms. The topological polar surface area (TPSA) is 16.4 Å². The normalized spacial score (nSPS) is 11.5. The van der Waals surface area contributed by atoms with E-state index >= 15 is 0 Å². The van der Waals surface area contributed by atoms with E-state index in [4.69, 9.17) is 4.42 Å². The summed E-state index contributed by atoms with van der Waals surface area (Å²) in [6.45, 7) is 0. The van der Waals surface area contributed by atoms with Crippen LogP contribution < -0.4 is 4.90 Å². The molecule has 0 saturated heterocycles. The van der Waals surface area contributed by atoms with E-state index in [2.05, 4.69) is 193 Å². The lowest BCUT2D eigenvalue weighted by Gasteiger charge is -2.26. The highest BCUT2D eigenvalue weighted by Gasteiger charge is 2.17. The van der Waals surface area contributed by atoms with Crippen molar-refractivity contribution in [1.29, 1.82) is 0 Å². The molecule has 1 aromatic heterocycles. The summed E-state index contributed by atoms with van der Waals surface area (Å²) in [6, 6.07) is 71.7. The van der Waals surface area contributed by atoms with E-state index in [1.807, 2.05) is 12.1 Å². The van der Waals surface area contributed by atoms with Gasteiger partial charge >= 0.3 is 0 Å². The average Bonchev–Trinajstić information content (AvgIpc) is 3.60. The van der Waals surface area contributed by atoms with Gasteiger partial charge in [0.15, 0.2) is 0 Å². The summed E-state index contributed by atoms with van der Waals surface area (Å²) in [7, 11) is 0. The molecule has 2 nitrogen and oxygen atoms in total. The van der Waals surface area contributed by atoms with Crippen LogP contribution in [0.25, 0.3) is 76.9 Å². The van der Waals surface area contributed by atoms with E-state index in [1.54, 1.807) is 0 Å². The van der Waals surface area contributed by atoms with Crippen LogP contribution in [0.15, 0.2) is 205 Å². The van der Waals surface area contributed by atoms with Crippen LogP contribution >= 0.6 is 0 Å². The number of hydrogen-bond acceptors (Lipinski definition) is 2. The Morgan fingerprint density at radius 1 is 0.308 bits per heavy atom. The molecule has 0 atom stereocenters. The molecule has 10 aromatic rings. The van der Waals surface area contributed by atoms with Gasteiger partial charge in [0.05, 0.1) is 0 Å². The van der Waals surface area contributed by atoms with Crippen LogP contribution in [0.5, 0.6) is 0 Å². The van der Waals surface area contributed by atoms with Crippen molar-refractivity contribution in [2.75, 3.05) is 4.90 Å². The number of furan rings is 1. The monoisotopic (exact) mass is 663 g/mol. The minimum Gasteiger partial charge on any atom is -0.455 e. The highest BCUT2D eigenvalue weighted by atomic mass is 16.3. The summed E-state index contributed by atoms with van der Waals surface area (Å²) >= 11 is 0. The fraction of sp³-hybridized carbons (Fsp3) is 0. The molecule has 0 spiro atoms. The number of fused-ring (bicyclic) bond motifs is 5. The Labute approximate surface area is 302 Å². The van der Waals surface area contributed by atoms with Crippen molar-refractivity contribution >= 4 is 60.5 Å². The molecular formula is C50H33NO. The van der Waals surface area contributed by atoms with Crippen LogP contribution in [0.3, 0.4) is 0 Å². The van der Waals surface area contributed by atoms with Gasteiger partial charge < -0.3 is 9.32 Å². The number of para-hydroxylation sites is 2. The van der Waals surface area contributed by atoms with Crippen LogP contribution in [0.2, 0.25) is 0 Å². The van der Waals surface area contributed by atoms with Crippen molar-refractivity contribution in [2.45, 2.75) is 0 Å². The van der Waals surface area contributed by atoms with Crippen molar-refractivity contribution in [3.8, 4) is 33.4 Å². The van der Waals surface area contributed by atoms with Crippen molar-refractivity contribution in [3.05, 3.63) is 200 Å². The first-order valence-electron chi connectivity index (χ1n) is 17.8. The van der Waals surface area contributed by atoms with Crippen LogP contribution in [0, 0.1) is 0 Å². The number of hydrogen-bond donors (Lipinski definition) is 0. The SMILES string of the molecule is c1cc(-c2cccc3ccccc23)cc(N(c2ccc(-c3ccc4ccccc4c3)cc2)c2ccc(-c3cccc4c3oc3ccccc34)cc2)c1. The van der Waals surface area contributed by atoms with Crippen molar-refractivity contribution < 1.29 is 4.42 Å². The van der Waals surface area contributed by atoms with Crippen LogP contribution in [0.1, 0.15) is 0 Å². The fourth-order valence-electron chi connectivity index (χ4n) is 7.67. The molecule has 244 valence electrons. The Balaban J connectivity index is 1.08. The summed E-state index contributed by atoms with van der Waals surface area (Å²) in [5.41, 5.74) is 12.1. The Bertz CT molecular complexity index is 2890. The Morgan fingerprint density at radius 2 is 0.904 bits per heavy atom. The molecule has 0 aliphatic rings. The molecule has 0 unspecified atom stereocenters. The molecule has 1 heterocycles. The zero-order valence-corrected chi connectivity index (χ0v) is 28.4. The highest BCUT2D eigenvalue weighted by Crippen LogP contribution is 2.41. The first-order valence-corrected chi connectivity index (χ1v) is 17.8. The minimum absolute atomic E-state index is 0.908. The fourth-order valence-corrected chi connectivity index (χ4v) is 7.67. The van der Waals surface area contributed by atoms with E-state index < -0.39 is 0 Å². The van der Waals surface area contributed by atoms with E-state index in [-0.39, 0.29) is 0 Å². The Kier molecular flexibility index (Phi) is 7.18. The molecule has 0 amide bonds. The quantitative estimate of drug-likeness (QED) is 0.176. The van der Waals surface area contributed by atoms with E-state index in [9.17, 15) is 0 Å². The lowest BCUT2D eigenvalue weighted by Crippen LogP contribution is -2.10. The van der Waals surface area contributed by atoms with Gasteiger partial charge in [0, 0.05) is 33.4 Å². The zero-order chi connectivity index (χ0) is 34.4. The molecule has 10 rings (SSSR count). The van der Waals surface area contributed by atoms with Crippen LogP contribution in [0.4, 0.5) is 17.1 Å². The van der Waals surface area contributed by atoms with Gasteiger partial charge in [-0.2, -0.15) is 0 Å². The van der Waals surface area contributed by atoms with Crippen molar-refractivity contribution in [2.24, 2.45) is 0 Å². The van der Waals surface area contributed by atoms with Gasteiger partial charge in [0.2, 0.25) is 0 Å². The summed E-state index contributed by atoms with van der Waals surface area (Å²) in [4.78, 5) is 2.35. The first-order chi connectivity index (χ1) is 25.8. The van der Waals surface area contributed by atoms with E-state index in [0.29, 0.717) is 0 Å². The second kappa shape index (κ2) is 12.5. The number of benzene rings is 9. The molecule has 9 aromatic carbocycles. The summed E-state index contributed by atoms with van der Waals surface area (Å²) in [5.74, 6) is 0. The minimum atomic E-state index is 0.908. The highest BCUT2D eigenvalue weighted by molar-refractivity contribution is 6.09. The lowest BCUT2D eigenvalue weighted by atomic mass is 9.97. The summed E-state index contributed by atoms with van der Waals surface area (Å²) < 4.78 is 6.40. The molecule has 0 fully saturated rings. The van der Waals surface area contributed by atoms with Crippen LogP contribution in [-0.2, 0) is 0 Å². The molecule has 0 radical (unpaired) electrons. The molecule has 0 bridgehead atoms. The van der Waals surface area contributed by atoms with Gasteiger partial charge in [-0.3, -0.25) is 0 Å². The Hall–Kier alpha value is -6.90. The molecule has 0 aliphatic carbocycles. The molecule has 0 saturated carbocycles. The lowest BCUT2D eigenvalue weighted by molar-refractivity contribution is 0.670. The number of nitrogens with zero attached hydrogens (tertiary/aromatic N) is 1. The average molecular weight is 664 g/mol. The Morgan fingerprint density at radius 3 is 1.73 bits per heavy atom. The largest absolute Gasteiger partial charge is 0.455 e.